The molecule has 3 heterocycles. The van der Waals surface area contributed by atoms with Gasteiger partial charge in [-0.15, -0.1) is 5.10 Å². The average Bonchev–Trinajstić information content (AvgIpc) is 3.22. The van der Waals surface area contributed by atoms with Crippen molar-refractivity contribution in [3.63, 3.8) is 0 Å². The van der Waals surface area contributed by atoms with E-state index in [4.69, 9.17) is 0 Å². The van der Waals surface area contributed by atoms with Crippen molar-refractivity contribution in [3.05, 3.63) is 29.8 Å². The second-order valence-corrected chi connectivity index (χ2v) is 9.12. The van der Waals surface area contributed by atoms with Crippen molar-refractivity contribution in [2.45, 2.75) is 44.2 Å². The van der Waals surface area contributed by atoms with Crippen LogP contribution in [0.25, 0.3) is 0 Å². The Labute approximate surface area is 153 Å². The van der Waals surface area contributed by atoms with E-state index in [2.05, 4.69) is 30.9 Å². The molecule has 0 amide bonds. The molecule has 1 saturated heterocycles. The highest BCUT2D eigenvalue weighted by Gasteiger charge is 2.30. The van der Waals surface area contributed by atoms with Crippen LogP contribution in [-0.2, 0) is 22.9 Å². The molecule has 1 aliphatic heterocycles. The number of aryl methyl sites for hydroxylation is 2. The summed E-state index contributed by atoms with van der Waals surface area (Å²) in [5.41, 5.74) is 2.43. The van der Waals surface area contributed by atoms with Gasteiger partial charge in [-0.3, -0.25) is 0 Å². The third-order valence-electron chi connectivity index (χ3n) is 5.10. The van der Waals surface area contributed by atoms with E-state index in [1.54, 1.807) is 17.1 Å². The Kier molecular flexibility index (Phi) is 4.44. The molecule has 4 rings (SSSR count). The number of aromatic nitrogens is 4. The maximum Gasteiger partial charge on any atom is 0.259 e. The first-order chi connectivity index (χ1) is 12.4. The second kappa shape index (κ2) is 6.62. The number of hydrogen-bond acceptors (Lipinski definition) is 6. The first-order valence-electron chi connectivity index (χ1n) is 9.06. The molecule has 9 heteroatoms. The van der Waals surface area contributed by atoms with Crippen LogP contribution in [0.3, 0.4) is 0 Å². The number of nitrogens with zero attached hydrogens (tertiary/aromatic N) is 5. The van der Waals surface area contributed by atoms with Gasteiger partial charge in [0.05, 0.1) is 12.0 Å². The summed E-state index contributed by atoms with van der Waals surface area (Å²) in [7, 11) is -3.56. The summed E-state index contributed by atoms with van der Waals surface area (Å²) >= 11 is 0. The van der Waals surface area contributed by atoms with Gasteiger partial charge in [0.15, 0.2) is 10.8 Å². The molecule has 26 heavy (non-hydrogen) atoms. The minimum absolute atomic E-state index is 0.0758. The number of nitrogens with one attached hydrogen (secondary N) is 1. The van der Waals surface area contributed by atoms with Gasteiger partial charge in [0, 0.05) is 37.8 Å². The van der Waals surface area contributed by atoms with Crippen LogP contribution in [0.15, 0.2) is 23.6 Å². The summed E-state index contributed by atoms with van der Waals surface area (Å²) in [4.78, 5) is 6.16. The molecule has 0 radical (unpaired) electrons. The monoisotopic (exact) mass is 376 g/mol. The first-order valence-corrected chi connectivity index (χ1v) is 10.5. The largest absolute Gasteiger partial charge is 0.354 e. The molecule has 2 aromatic heterocycles. The van der Waals surface area contributed by atoms with Gasteiger partial charge in [-0.25, -0.2) is 18.1 Å². The topological polar surface area (TPSA) is 93.0 Å². The van der Waals surface area contributed by atoms with Crippen LogP contribution in [-0.4, -0.2) is 47.8 Å². The second-order valence-electron chi connectivity index (χ2n) is 7.40. The van der Waals surface area contributed by atoms with Gasteiger partial charge in [0.1, 0.15) is 0 Å². The van der Waals surface area contributed by atoms with Crippen LogP contribution in [0, 0.1) is 5.92 Å². The number of anilines is 1. The highest BCUT2D eigenvalue weighted by Crippen LogP contribution is 2.27. The summed E-state index contributed by atoms with van der Waals surface area (Å²) < 4.78 is 29.2. The van der Waals surface area contributed by atoms with Gasteiger partial charge in [-0.2, -0.15) is 5.10 Å². The van der Waals surface area contributed by atoms with Crippen LogP contribution in [0.4, 0.5) is 5.82 Å². The fraction of sp³-hybridized carbons (Fsp3) is 0.588. The van der Waals surface area contributed by atoms with Crippen LogP contribution < -0.4 is 9.62 Å². The average molecular weight is 376 g/mol. The van der Waals surface area contributed by atoms with Crippen molar-refractivity contribution >= 4 is 15.8 Å². The number of imidazole rings is 1. The number of hydrogen-bond donors (Lipinski definition) is 1. The van der Waals surface area contributed by atoms with Crippen molar-refractivity contribution in [1.82, 2.24) is 24.5 Å². The van der Waals surface area contributed by atoms with Crippen LogP contribution in [0.1, 0.15) is 37.6 Å². The van der Waals surface area contributed by atoms with Gasteiger partial charge in [0.2, 0.25) is 0 Å². The lowest BCUT2D eigenvalue weighted by Gasteiger charge is -2.40. The molecule has 140 valence electrons. The molecule has 0 atom stereocenters. The lowest BCUT2D eigenvalue weighted by atomic mass is 10.0. The molecule has 2 aliphatic rings. The molecule has 0 spiro atoms. The number of sulfonamides is 1. The first kappa shape index (κ1) is 17.4. The van der Waals surface area contributed by atoms with E-state index in [0.717, 1.165) is 43.9 Å². The van der Waals surface area contributed by atoms with Gasteiger partial charge in [0.25, 0.3) is 10.0 Å². The lowest BCUT2D eigenvalue weighted by Crippen LogP contribution is -2.52. The molecule has 0 bridgehead atoms. The van der Waals surface area contributed by atoms with Crippen molar-refractivity contribution in [2.24, 2.45) is 5.92 Å². The Bertz CT molecular complexity index is 902. The normalized spacial score (nSPS) is 17.6. The zero-order chi connectivity index (χ0) is 18.3. The van der Waals surface area contributed by atoms with Crippen molar-refractivity contribution in [1.29, 1.82) is 0 Å². The number of fused-ring (bicyclic) bond motifs is 1. The quantitative estimate of drug-likeness (QED) is 0.813. The standard InChI is InChI=1S/C17H24N6O2S/c1-12(2)23-10-17(18-11-23)26(24,25)19-7-13-8-22(9-13)16-6-14-4-3-5-15(14)20-21-16/h6,10-13,19H,3-5,7-9H2,1-2H3. The van der Waals surface area contributed by atoms with Crippen LogP contribution in [0.5, 0.6) is 0 Å². The Morgan fingerprint density at radius 2 is 2.08 bits per heavy atom. The molecule has 2 aromatic rings. The molecule has 1 N–H and O–H groups in total. The summed E-state index contributed by atoms with van der Waals surface area (Å²) in [6.07, 6.45) is 6.39. The van der Waals surface area contributed by atoms with E-state index in [9.17, 15) is 8.42 Å². The predicted molar refractivity (Wildman–Crippen MR) is 97.6 cm³/mol. The third kappa shape index (κ3) is 3.33. The van der Waals surface area contributed by atoms with Crippen molar-refractivity contribution in [2.75, 3.05) is 24.5 Å². The molecule has 0 unspecified atom stereocenters. The minimum Gasteiger partial charge on any atom is -0.354 e. The predicted octanol–water partition coefficient (Wildman–Crippen LogP) is 1.16. The van der Waals surface area contributed by atoms with E-state index < -0.39 is 10.0 Å². The van der Waals surface area contributed by atoms with Gasteiger partial charge in [-0.05, 0) is 44.7 Å². The van der Waals surface area contributed by atoms with E-state index in [-0.39, 0.29) is 17.0 Å². The van der Waals surface area contributed by atoms with E-state index in [0.29, 0.717) is 6.54 Å². The highest BCUT2D eigenvalue weighted by atomic mass is 32.2. The smallest absolute Gasteiger partial charge is 0.259 e. The summed E-state index contributed by atoms with van der Waals surface area (Å²) in [6.45, 7) is 5.95. The maximum atomic E-state index is 12.4. The number of rotatable bonds is 6. The van der Waals surface area contributed by atoms with E-state index in [1.807, 2.05) is 13.8 Å². The van der Waals surface area contributed by atoms with Crippen molar-refractivity contribution in [3.8, 4) is 0 Å². The summed E-state index contributed by atoms with van der Waals surface area (Å²) in [5, 5.41) is 8.70. The van der Waals surface area contributed by atoms with Gasteiger partial charge < -0.3 is 9.47 Å². The third-order valence-corrected chi connectivity index (χ3v) is 6.41. The van der Waals surface area contributed by atoms with E-state index in [1.165, 1.54) is 5.56 Å². The Balaban J connectivity index is 1.31. The molecule has 0 aromatic carbocycles. The minimum atomic E-state index is -3.56. The van der Waals surface area contributed by atoms with Gasteiger partial charge in [-0.1, -0.05) is 0 Å². The summed E-state index contributed by atoms with van der Waals surface area (Å²) in [5.74, 6) is 1.17. The van der Waals surface area contributed by atoms with E-state index >= 15 is 0 Å². The fourth-order valence-corrected chi connectivity index (χ4v) is 4.45. The molecule has 1 fully saturated rings. The molecule has 1 aliphatic carbocycles. The zero-order valence-corrected chi connectivity index (χ0v) is 15.9. The Morgan fingerprint density at radius 1 is 1.27 bits per heavy atom. The Morgan fingerprint density at radius 3 is 2.81 bits per heavy atom. The molecule has 8 nitrogen and oxygen atoms in total. The lowest BCUT2D eigenvalue weighted by molar-refractivity contribution is 0.402. The van der Waals surface area contributed by atoms with Gasteiger partial charge >= 0.3 is 0 Å². The van der Waals surface area contributed by atoms with Crippen LogP contribution >= 0.6 is 0 Å². The fourth-order valence-electron chi connectivity index (χ4n) is 3.40. The Hall–Kier alpha value is -2.00. The molecule has 0 saturated carbocycles. The van der Waals surface area contributed by atoms with Crippen LogP contribution in [0.2, 0.25) is 0 Å². The molecular formula is C17H24N6O2S. The highest BCUT2D eigenvalue weighted by molar-refractivity contribution is 7.89. The maximum absolute atomic E-state index is 12.4. The van der Waals surface area contributed by atoms with Crippen molar-refractivity contribution < 1.29 is 8.42 Å². The zero-order valence-electron chi connectivity index (χ0n) is 15.1. The molecular weight excluding hydrogens is 352 g/mol. The SMILES string of the molecule is CC(C)n1cnc(S(=O)(=O)NCC2CN(c3cc4c(nn3)CCC4)C2)c1. The summed E-state index contributed by atoms with van der Waals surface area (Å²) in [6, 6.07) is 2.31.